The Kier molecular flexibility index (Phi) is 5.36. The monoisotopic (exact) mass is 344 g/mol. The maximum Gasteiger partial charge on any atom is 0.308 e. The Hall–Kier alpha value is -2.37. The van der Waals surface area contributed by atoms with Crippen molar-refractivity contribution >= 4 is 23.5 Å². The summed E-state index contributed by atoms with van der Waals surface area (Å²) in [6.45, 7) is 0. The van der Waals surface area contributed by atoms with E-state index >= 15 is 0 Å². The molecule has 0 heterocycles. The second-order valence-corrected chi connectivity index (χ2v) is 7.01. The summed E-state index contributed by atoms with van der Waals surface area (Å²) in [5, 5.41) is 15.1. The highest BCUT2D eigenvalue weighted by molar-refractivity contribution is 5.98. The van der Waals surface area contributed by atoms with Crippen molar-refractivity contribution in [2.24, 2.45) is 11.8 Å². The van der Waals surface area contributed by atoms with Crippen LogP contribution in [0, 0.1) is 11.8 Å². The van der Waals surface area contributed by atoms with E-state index in [1.807, 2.05) is 0 Å². The lowest BCUT2D eigenvalue weighted by Gasteiger charge is -2.23. The largest absolute Gasteiger partial charge is 0.481 e. The lowest BCUT2D eigenvalue weighted by Crippen LogP contribution is -2.42. The van der Waals surface area contributed by atoms with Gasteiger partial charge in [0.2, 0.25) is 5.91 Å². The second-order valence-electron chi connectivity index (χ2n) is 7.01. The summed E-state index contributed by atoms with van der Waals surface area (Å²) in [6.07, 6.45) is 5.92. The Balaban J connectivity index is 1.67. The van der Waals surface area contributed by atoms with Gasteiger partial charge in [-0.05, 0) is 43.9 Å². The Labute approximate surface area is 147 Å². The zero-order valence-electron chi connectivity index (χ0n) is 14.2. The zero-order valence-corrected chi connectivity index (χ0v) is 14.2. The van der Waals surface area contributed by atoms with Crippen molar-refractivity contribution in [3.63, 3.8) is 0 Å². The summed E-state index contributed by atoms with van der Waals surface area (Å²) < 4.78 is 0. The molecule has 1 aromatic rings. The van der Waals surface area contributed by atoms with Gasteiger partial charge in [-0.1, -0.05) is 25.3 Å². The molecule has 2 aliphatic carbocycles. The van der Waals surface area contributed by atoms with E-state index in [0.717, 1.165) is 32.1 Å². The fourth-order valence-electron chi connectivity index (χ4n) is 3.36. The Morgan fingerprint density at radius 1 is 1.00 bits per heavy atom. The van der Waals surface area contributed by atoms with E-state index in [1.54, 1.807) is 24.3 Å². The first-order valence-electron chi connectivity index (χ1n) is 8.99. The number of carboxylic acid groups (broad SMARTS) is 1. The van der Waals surface area contributed by atoms with Gasteiger partial charge in [0.05, 0.1) is 5.92 Å². The molecule has 134 valence electrons. The molecule has 2 saturated carbocycles. The minimum atomic E-state index is -0.849. The fourth-order valence-corrected chi connectivity index (χ4v) is 3.36. The summed E-state index contributed by atoms with van der Waals surface area (Å²) >= 11 is 0. The van der Waals surface area contributed by atoms with E-state index in [4.69, 9.17) is 0 Å². The van der Waals surface area contributed by atoms with Gasteiger partial charge < -0.3 is 15.7 Å². The number of hydrogen-bond acceptors (Lipinski definition) is 3. The highest BCUT2D eigenvalue weighted by atomic mass is 16.4. The molecule has 0 unspecified atom stereocenters. The third kappa shape index (κ3) is 4.59. The van der Waals surface area contributed by atoms with Crippen LogP contribution in [0.4, 0.5) is 5.69 Å². The molecule has 2 amide bonds. The number of aliphatic carboxylic acids is 1. The molecule has 0 spiro atoms. The SMILES string of the molecule is O=C(N[C@H]1CCCCC[C@H]1C(=O)O)c1cccc(NC(=O)C2CC2)c1. The van der Waals surface area contributed by atoms with Crippen molar-refractivity contribution in [3.05, 3.63) is 29.8 Å². The van der Waals surface area contributed by atoms with Gasteiger partial charge in [0.15, 0.2) is 0 Å². The van der Waals surface area contributed by atoms with Gasteiger partial charge in [0.25, 0.3) is 5.91 Å². The van der Waals surface area contributed by atoms with Gasteiger partial charge in [0.1, 0.15) is 0 Å². The highest BCUT2D eigenvalue weighted by Gasteiger charge is 2.31. The number of carbonyl (C=O) groups excluding carboxylic acids is 2. The van der Waals surface area contributed by atoms with Crippen LogP contribution in [0.3, 0.4) is 0 Å². The Morgan fingerprint density at radius 2 is 1.76 bits per heavy atom. The number of amides is 2. The van der Waals surface area contributed by atoms with Crippen molar-refractivity contribution in [2.75, 3.05) is 5.32 Å². The van der Waals surface area contributed by atoms with Crippen LogP contribution in [0.5, 0.6) is 0 Å². The Bertz CT molecular complexity index is 669. The standard InChI is InChI=1S/C19H24N2O4/c22-17(12-9-10-12)20-14-6-4-5-13(11-14)18(23)21-16-8-3-1-2-7-15(16)19(24)25/h4-6,11-12,15-16H,1-3,7-10H2,(H,20,22)(H,21,23)(H,24,25)/t15-,16+/m1/s1. The highest BCUT2D eigenvalue weighted by Crippen LogP contribution is 2.30. The molecule has 0 radical (unpaired) electrons. The number of carboxylic acids is 1. The Morgan fingerprint density at radius 3 is 2.48 bits per heavy atom. The molecule has 1 aromatic carbocycles. The van der Waals surface area contributed by atoms with Gasteiger partial charge in [-0.3, -0.25) is 14.4 Å². The normalized spacial score (nSPS) is 23.4. The first kappa shape index (κ1) is 17.5. The number of anilines is 1. The smallest absolute Gasteiger partial charge is 0.308 e. The van der Waals surface area contributed by atoms with Crippen LogP contribution >= 0.6 is 0 Å². The average molecular weight is 344 g/mol. The lowest BCUT2D eigenvalue weighted by molar-refractivity contribution is -0.142. The van der Waals surface area contributed by atoms with Gasteiger partial charge in [-0.25, -0.2) is 0 Å². The third-order valence-electron chi connectivity index (χ3n) is 4.99. The number of benzene rings is 1. The minimum absolute atomic E-state index is 0.00716. The zero-order chi connectivity index (χ0) is 17.8. The van der Waals surface area contributed by atoms with E-state index in [0.29, 0.717) is 24.1 Å². The first-order chi connectivity index (χ1) is 12.0. The average Bonchev–Trinajstić information content (AvgIpc) is 3.42. The van der Waals surface area contributed by atoms with Crippen LogP contribution in [0.1, 0.15) is 55.3 Å². The fraction of sp³-hybridized carbons (Fsp3) is 0.526. The molecule has 0 aromatic heterocycles. The molecular formula is C19H24N2O4. The number of hydrogen-bond donors (Lipinski definition) is 3. The van der Waals surface area contributed by atoms with Gasteiger partial charge in [-0.15, -0.1) is 0 Å². The van der Waals surface area contributed by atoms with Crippen LogP contribution in [0.15, 0.2) is 24.3 Å². The molecule has 0 saturated heterocycles. The summed E-state index contributed by atoms with van der Waals surface area (Å²) in [6, 6.07) is 6.44. The molecule has 2 atom stereocenters. The maximum atomic E-state index is 12.6. The predicted octanol–water partition coefficient (Wildman–Crippen LogP) is 2.80. The number of nitrogens with one attached hydrogen (secondary N) is 2. The van der Waals surface area contributed by atoms with E-state index in [9.17, 15) is 19.5 Å². The summed E-state index contributed by atoms with van der Waals surface area (Å²) in [4.78, 5) is 35.9. The second kappa shape index (κ2) is 7.68. The van der Waals surface area contributed by atoms with Crippen LogP contribution < -0.4 is 10.6 Å². The van der Waals surface area contributed by atoms with Gasteiger partial charge >= 0.3 is 5.97 Å². The first-order valence-corrected chi connectivity index (χ1v) is 8.99. The lowest BCUT2D eigenvalue weighted by atomic mass is 9.94. The van der Waals surface area contributed by atoms with Crippen LogP contribution in [0.2, 0.25) is 0 Å². The molecule has 0 aliphatic heterocycles. The summed E-state index contributed by atoms with van der Waals surface area (Å²) in [7, 11) is 0. The van der Waals surface area contributed by atoms with E-state index in [1.165, 1.54) is 0 Å². The molecule has 3 N–H and O–H groups in total. The predicted molar refractivity (Wildman–Crippen MR) is 93.3 cm³/mol. The van der Waals surface area contributed by atoms with Crippen molar-refractivity contribution < 1.29 is 19.5 Å². The number of carbonyl (C=O) groups is 3. The maximum absolute atomic E-state index is 12.6. The summed E-state index contributed by atoms with van der Waals surface area (Å²) in [5.41, 5.74) is 1.03. The number of rotatable bonds is 5. The summed E-state index contributed by atoms with van der Waals surface area (Å²) in [5.74, 6) is -1.59. The van der Waals surface area contributed by atoms with E-state index in [2.05, 4.69) is 10.6 Å². The van der Waals surface area contributed by atoms with E-state index in [-0.39, 0.29) is 23.8 Å². The van der Waals surface area contributed by atoms with Crippen LogP contribution in [-0.4, -0.2) is 28.9 Å². The van der Waals surface area contributed by atoms with Crippen molar-refractivity contribution in [1.29, 1.82) is 0 Å². The van der Waals surface area contributed by atoms with Crippen LogP contribution in [0.25, 0.3) is 0 Å². The van der Waals surface area contributed by atoms with Crippen molar-refractivity contribution in [3.8, 4) is 0 Å². The topological polar surface area (TPSA) is 95.5 Å². The minimum Gasteiger partial charge on any atom is -0.481 e. The molecule has 2 aliphatic rings. The molecule has 2 fully saturated rings. The van der Waals surface area contributed by atoms with Crippen molar-refractivity contribution in [2.45, 2.75) is 51.0 Å². The van der Waals surface area contributed by atoms with Crippen molar-refractivity contribution in [1.82, 2.24) is 5.32 Å². The third-order valence-corrected chi connectivity index (χ3v) is 4.99. The van der Waals surface area contributed by atoms with Crippen LogP contribution in [-0.2, 0) is 9.59 Å². The quantitative estimate of drug-likeness (QED) is 0.716. The molecule has 6 nitrogen and oxygen atoms in total. The van der Waals surface area contributed by atoms with Gasteiger partial charge in [0, 0.05) is 23.2 Å². The molecule has 6 heteroatoms. The van der Waals surface area contributed by atoms with Gasteiger partial charge in [-0.2, -0.15) is 0 Å². The molecule has 0 bridgehead atoms. The van der Waals surface area contributed by atoms with E-state index < -0.39 is 11.9 Å². The molecular weight excluding hydrogens is 320 g/mol. The molecule has 3 rings (SSSR count). The molecule has 25 heavy (non-hydrogen) atoms.